The lowest BCUT2D eigenvalue weighted by atomic mass is 10.3. The Balaban J connectivity index is 1.73. The normalized spacial score (nSPS) is 18.4. The van der Waals surface area contributed by atoms with E-state index in [2.05, 4.69) is 4.98 Å². The third kappa shape index (κ3) is 2.62. The number of amides is 1. The number of aromatic nitrogens is 1. The number of carbonyl (C=O) groups excluding carboxylic acids is 1. The molecule has 2 N–H and O–H groups in total. The highest BCUT2D eigenvalue weighted by molar-refractivity contribution is 5.96. The van der Waals surface area contributed by atoms with E-state index in [-0.39, 0.29) is 11.9 Å². The predicted octanol–water partition coefficient (Wildman–Crippen LogP) is 1.94. The van der Waals surface area contributed by atoms with Gasteiger partial charge in [0, 0.05) is 30.9 Å². The van der Waals surface area contributed by atoms with Gasteiger partial charge < -0.3 is 15.4 Å². The van der Waals surface area contributed by atoms with Gasteiger partial charge in [0.25, 0.3) is 0 Å². The fraction of sp³-hybridized carbons (Fsp3) is 0.200. The van der Waals surface area contributed by atoms with Crippen molar-refractivity contribution in [1.29, 1.82) is 0 Å². The van der Waals surface area contributed by atoms with Crippen LogP contribution in [0.5, 0.6) is 11.5 Å². The van der Waals surface area contributed by atoms with E-state index < -0.39 is 0 Å². The Morgan fingerprint density at radius 2 is 2.00 bits per heavy atom. The number of hydrogen-bond donors (Lipinski definition) is 1. The van der Waals surface area contributed by atoms with Crippen LogP contribution in [0.25, 0.3) is 0 Å². The lowest BCUT2D eigenvalue weighted by Gasteiger charge is -2.16. The fourth-order valence-electron chi connectivity index (χ4n) is 2.22. The van der Waals surface area contributed by atoms with Gasteiger partial charge in [0.1, 0.15) is 11.5 Å². The van der Waals surface area contributed by atoms with Gasteiger partial charge in [-0.3, -0.25) is 9.78 Å². The Labute approximate surface area is 117 Å². The quantitative estimate of drug-likeness (QED) is 0.924. The molecule has 0 spiro atoms. The van der Waals surface area contributed by atoms with E-state index in [1.54, 1.807) is 17.3 Å². The summed E-state index contributed by atoms with van der Waals surface area (Å²) < 4.78 is 5.65. The smallest absolute Gasteiger partial charge is 0.228 e. The molecule has 1 amide bonds. The molecule has 20 heavy (non-hydrogen) atoms. The number of anilines is 1. The zero-order valence-electron chi connectivity index (χ0n) is 10.9. The zero-order chi connectivity index (χ0) is 13.9. The van der Waals surface area contributed by atoms with Gasteiger partial charge in [-0.2, -0.15) is 0 Å². The summed E-state index contributed by atoms with van der Waals surface area (Å²) in [6.45, 7) is 0.571. The van der Waals surface area contributed by atoms with Gasteiger partial charge in [-0.25, -0.2) is 0 Å². The molecule has 2 heterocycles. The van der Waals surface area contributed by atoms with Gasteiger partial charge in [0.05, 0.1) is 6.20 Å². The molecule has 1 fully saturated rings. The zero-order valence-corrected chi connectivity index (χ0v) is 10.9. The van der Waals surface area contributed by atoms with Crippen LogP contribution in [-0.4, -0.2) is 23.5 Å². The van der Waals surface area contributed by atoms with E-state index in [0.29, 0.717) is 24.5 Å². The van der Waals surface area contributed by atoms with Crippen LogP contribution in [0.15, 0.2) is 48.8 Å². The summed E-state index contributed by atoms with van der Waals surface area (Å²) >= 11 is 0. The Morgan fingerprint density at radius 1 is 1.20 bits per heavy atom. The SMILES string of the molecule is NC1CC(=O)N(c2ccc(Oc3cccnc3)cc2)C1. The number of ether oxygens (including phenoxy) is 1. The second-order valence-corrected chi connectivity index (χ2v) is 4.75. The minimum absolute atomic E-state index is 0.0680. The summed E-state index contributed by atoms with van der Waals surface area (Å²) in [5.74, 6) is 1.45. The van der Waals surface area contributed by atoms with Crippen molar-refractivity contribution in [3.05, 3.63) is 48.8 Å². The molecular formula is C15H15N3O2. The topological polar surface area (TPSA) is 68.5 Å². The van der Waals surface area contributed by atoms with Crippen molar-refractivity contribution in [3.8, 4) is 11.5 Å². The highest BCUT2D eigenvalue weighted by atomic mass is 16.5. The number of nitrogens with zero attached hydrogens (tertiary/aromatic N) is 2. The van der Waals surface area contributed by atoms with Crippen molar-refractivity contribution >= 4 is 11.6 Å². The van der Waals surface area contributed by atoms with E-state index >= 15 is 0 Å². The first-order valence-electron chi connectivity index (χ1n) is 6.46. The molecule has 5 nitrogen and oxygen atoms in total. The van der Waals surface area contributed by atoms with Gasteiger partial charge >= 0.3 is 0 Å². The Kier molecular flexibility index (Phi) is 3.35. The number of hydrogen-bond acceptors (Lipinski definition) is 4. The highest BCUT2D eigenvalue weighted by Gasteiger charge is 2.27. The number of nitrogens with two attached hydrogens (primary N) is 1. The maximum Gasteiger partial charge on any atom is 0.228 e. The number of benzene rings is 1. The molecule has 102 valence electrons. The average Bonchev–Trinajstić information content (AvgIpc) is 2.80. The van der Waals surface area contributed by atoms with Crippen molar-refractivity contribution in [2.75, 3.05) is 11.4 Å². The van der Waals surface area contributed by atoms with Gasteiger partial charge in [-0.15, -0.1) is 0 Å². The monoisotopic (exact) mass is 269 g/mol. The van der Waals surface area contributed by atoms with Crippen molar-refractivity contribution < 1.29 is 9.53 Å². The summed E-state index contributed by atoms with van der Waals surface area (Å²) in [4.78, 5) is 17.5. The van der Waals surface area contributed by atoms with E-state index in [1.807, 2.05) is 36.4 Å². The highest BCUT2D eigenvalue weighted by Crippen LogP contribution is 2.26. The number of rotatable bonds is 3. The third-order valence-electron chi connectivity index (χ3n) is 3.17. The van der Waals surface area contributed by atoms with Crippen LogP contribution < -0.4 is 15.4 Å². The summed E-state index contributed by atoms with van der Waals surface area (Å²) in [5, 5.41) is 0. The van der Waals surface area contributed by atoms with Gasteiger partial charge in [-0.05, 0) is 36.4 Å². The van der Waals surface area contributed by atoms with Gasteiger partial charge in [-0.1, -0.05) is 0 Å². The molecule has 1 atom stereocenters. The summed E-state index contributed by atoms with van der Waals surface area (Å²) in [6.07, 6.45) is 3.75. The van der Waals surface area contributed by atoms with Crippen LogP contribution in [0.1, 0.15) is 6.42 Å². The van der Waals surface area contributed by atoms with Crippen LogP contribution in [0, 0.1) is 0 Å². The molecule has 1 unspecified atom stereocenters. The molecule has 1 aromatic heterocycles. The predicted molar refractivity (Wildman–Crippen MR) is 75.7 cm³/mol. The van der Waals surface area contributed by atoms with Crippen LogP contribution >= 0.6 is 0 Å². The summed E-state index contributed by atoms with van der Waals surface area (Å²) in [7, 11) is 0. The Hall–Kier alpha value is -2.40. The van der Waals surface area contributed by atoms with Crippen LogP contribution in [0.2, 0.25) is 0 Å². The van der Waals surface area contributed by atoms with Crippen LogP contribution in [0.3, 0.4) is 0 Å². The Bertz CT molecular complexity index is 598. The summed E-state index contributed by atoms with van der Waals surface area (Å²) in [6, 6.07) is 11.0. The minimum Gasteiger partial charge on any atom is -0.456 e. The lowest BCUT2D eigenvalue weighted by Crippen LogP contribution is -2.27. The van der Waals surface area contributed by atoms with Crippen LogP contribution in [-0.2, 0) is 4.79 Å². The first kappa shape index (κ1) is 12.6. The van der Waals surface area contributed by atoms with E-state index in [1.165, 1.54) is 0 Å². The number of carbonyl (C=O) groups is 1. The summed E-state index contributed by atoms with van der Waals surface area (Å²) in [5.41, 5.74) is 6.64. The maximum absolute atomic E-state index is 11.8. The van der Waals surface area contributed by atoms with Crippen molar-refractivity contribution in [2.24, 2.45) is 5.73 Å². The minimum atomic E-state index is -0.0752. The van der Waals surface area contributed by atoms with Gasteiger partial charge in [0.15, 0.2) is 0 Å². The molecule has 5 heteroatoms. The average molecular weight is 269 g/mol. The van der Waals surface area contributed by atoms with Crippen molar-refractivity contribution in [2.45, 2.75) is 12.5 Å². The first-order chi connectivity index (χ1) is 9.72. The van der Waals surface area contributed by atoms with E-state index in [4.69, 9.17) is 10.5 Å². The molecule has 1 aromatic carbocycles. The maximum atomic E-state index is 11.8. The standard InChI is InChI=1S/C15H15N3O2/c16-11-8-15(19)18(10-11)12-3-5-13(6-4-12)20-14-2-1-7-17-9-14/h1-7,9,11H,8,10,16H2. The van der Waals surface area contributed by atoms with Gasteiger partial charge in [0.2, 0.25) is 5.91 Å². The molecular weight excluding hydrogens is 254 g/mol. The molecule has 1 aliphatic heterocycles. The molecule has 1 saturated heterocycles. The van der Waals surface area contributed by atoms with Crippen molar-refractivity contribution in [1.82, 2.24) is 4.98 Å². The van der Waals surface area contributed by atoms with Crippen molar-refractivity contribution in [3.63, 3.8) is 0 Å². The third-order valence-corrected chi connectivity index (χ3v) is 3.17. The molecule has 0 radical (unpaired) electrons. The molecule has 2 aromatic rings. The molecule has 3 rings (SSSR count). The number of pyridine rings is 1. The van der Waals surface area contributed by atoms with E-state index in [9.17, 15) is 4.79 Å². The first-order valence-corrected chi connectivity index (χ1v) is 6.46. The lowest BCUT2D eigenvalue weighted by molar-refractivity contribution is -0.117. The molecule has 0 aliphatic carbocycles. The molecule has 1 aliphatic rings. The fourth-order valence-corrected chi connectivity index (χ4v) is 2.22. The van der Waals surface area contributed by atoms with Crippen LogP contribution in [0.4, 0.5) is 5.69 Å². The molecule has 0 saturated carbocycles. The van der Waals surface area contributed by atoms with E-state index in [0.717, 1.165) is 5.69 Å². The largest absolute Gasteiger partial charge is 0.456 e. The molecule has 0 bridgehead atoms. The second kappa shape index (κ2) is 5.30. The second-order valence-electron chi connectivity index (χ2n) is 4.75. The Morgan fingerprint density at radius 3 is 2.60 bits per heavy atom.